The summed E-state index contributed by atoms with van der Waals surface area (Å²) in [5.41, 5.74) is 2.57. The van der Waals surface area contributed by atoms with Crippen LogP contribution in [0.25, 0.3) is 0 Å². The van der Waals surface area contributed by atoms with Crippen LogP contribution in [0.1, 0.15) is 36.2 Å². The highest BCUT2D eigenvalue weighted by atomic mass is 19.1. The summed E-state index contributed by atoms with van der Waals surface area (Å²) in [6, 6.07) is 12.9. The number of hydrogen-bond acceptors (Lipinski definition) is 3. The molecular weight excluding hydrogens is 317 g/mol. The second kappa shape index (κ2) is 8.21. The van der Waals surface area contributed by atoms with Gasteiger partial charge < -0.3 is 10.2 Å². The third-order valence-corrected chi connectivity index (χ3v) is 4.66. The number of benzene rings is 1. The predicted octanol–water partition coefficient (Wildman–Crippen LogP) is 3.20. The predicted molar refractivity (Wildman–Crippen MR) is 95.3 cm³/mol. The lowest BCUT2D eigenvalue weighted by Gasteiger charge is -2.25. The lowest BCUT2D eigenvalue weighted by molar-refractivity contribution is -0.129. The number of hydrogen-bond donors (Lipinski definition) is 1. The van der Waals surface area contributed by atoms with Crippen molar-refractivity contribution in [2.24, 2.45) is 0 Å². The van der Waals surface area contributed by atoms with Gasteiger partial charge in [-0.05, 0) is 44.5 Å². The van der Waals surface area contributed by atoms with Gasteiger partial charge in [0.2, 0.25) is 5.91 Å². The number of pyridine rings is 1. The van der Waals surface area contributed by atoms with Crippen LogP contribution < -0.4 is 5.32 Å². The zero-order valence-corrected chi connectivity index (χ0v) is 14.5. The SMILES string of the molecule is Cc1cccc(CN2C(=O)CC[C@H]2CCNCc2ccccc2F)n1. The van der Waals surface area contributed by atoms with Crippen LogP contribution >= 0.6 is 0 Å². The molecule has 1 atom stereocenters. The van der Waals surface area contributed by atoms with Crippen LogP contribution in [0.2, 0.25) is 0 Å². The number of aryl methyl sites for hydroxylation is 1. The summed E-state index contributed by atoms with van der Waals surface area (Å²) in [7, 11) is 0. The van der Waals surface area contributed by atoms with E-state index in [9.17, 15) is 9.18 Å². The van der Waals surface area contributed by atoms with Crippen molar-refractivity contribution >= 4 is 5.91 Å². The van der Waals surface area contributed by atoms with Gasteiger partial charge in [0.25, 0.3) is 0 Å². The fraction of sp³-hybridized carbons (Fsp3) is 0.400. The Morgan fingerprint density at radius 2 is 2.08 bits per heavy atom. The molecule has 1 N–H and O–H groups in total. The fourth-order valence-electron chi connectivity index (χ4n) is 3.31. The zero-order valence-electron chi connectivity index (χ0n) is 14.5. The molecule has 0 saturated carbocycles. The van der Waals surface area contributed by atoms with E-state index in [1.807, 2.05) is 36.1 Å². The van der Waals surface area contributed by atoms with Crippen LogP contribution in [0.4, 0.5) is 4.39 Å². The zero-order chi connectivity index (χ0) is 17.6. The van der Waals surface area contributed by atoms with Gasteiger partial charge in [-0.15, -0.1) is 0 Å². The molecular formula is C20H24FN3O. The summed E-state index contributed by atoms with van der Waals surface area (Å²) in [5, 5.41) is 3.28. The lowest BCUT2D eigenvalue weighted by atomic mass is 10.1. The Hall–Kier alpha value is -2.27. The van der Waals surface area contributed by atoms with Crippen molar-refractivity contribution in [3.05, 3.63) is 65.2 Å². The first-order chi connectivity index (χ1) is 12.1. The Bertz CT molecular complexity index is 734. The average molecular weight is 341 g/mol. The van der Waals surface area contributed by atoms with Gasteiger partial charge in [0.05, 0.1) is 12.2 Å². The monoisotopic (exact) mass is 341 g/mol. The molecule has 2 heterocycles. The maximum Gasteiger partial charge on any atom is 0.223 e. The van der Waals surface area contributed by atoms with Crippen molar-refractivity contribution in [1.82, 2.24) is 15.2 Å². The fourth-order valence-corrected chi connectivity index (χ4v) is 3.31. The topological polar surface area (TPSA) is 45.2 Å². The molecule has 1 saturated heterocycles. The van der Waals surface area contributed by atoms with Gasteiger partial charge in [-0.3, -0.25) is 9.78 Å². The molecule has 1 aliphatic heterocycles. The van der Waals surface area contributed by atoms with E-state index in [2.05, 4.69) is 10.3 Å². The van der Waals surface area contributed by atoms with E-state index < -0.39 is 0 Å². The van der Waals surface area contributed by atoms with Crippen molar-refractivity contribution in [2.75, 3.05) is 6.54 Å². The molecule has 3 rings (SSSR count). The van der Waals surface area contributed by atoms with Crippen molar-refractivity contribution < 1.29 is 9.18 Å². The van der Waals surface area contributed by atoms with E-state index in [1.54, 1.807) is 12.1 Å². The van der Waals surface area contributed by atoms with E-state index in [4.69, 9.17) is 0 Å². The van der Waals surface area contributed by atoms with E-state index in [1.165, 1.54) is 6.07 Å². The Morgan fingerprint density at radius 3 is 2.88 bits per heavy atom. The number of aromatic nitrogens is 1. The summed E-state index contributed by atoms with van der Waals surface area (Å²) in [5.74, 6) is 0.0144. The Morgan fingerprint density at radius 1 is 1.24 bits per heavy atom. The van der Waals surface area contributed by atoms with Crippen molar-refractivity contribution in [1.29, 1.82) is 0 Å². The molecule has 0 bridgehead atoms. The molecule has 1 aromatic carbocycles. The largest absolute Gasteiger partial charge is 0.334 e. The van der Waals surface area contributed by atoms with Crippen LogP contribution in [0.3, 0.4) is 0 Å². The summed E-state index contributed by atoms with van der Waals surface area (Å²) < 4.78 is 13.6. The molecule has 25 heavy (non-hydrogen) atoms. The average Bonchev–Trinajstić information content (AvgIpc) is 2.93. The van der Waals surface area contributed by atoms with Gasteiger partial charge in [-0.25, -0.2) is 4.39 Å². The first kappa shape index (κ1) is 17.5. The van der Waals surface area contributed by atoms with Gasteiger partial charge >= 0.3 is 0 Å². The highest BCUT2D eigenvalue weighted by Gasteiger charge is 2.30. The van der Waals surface area contributed by atoms with Gasteiger partial charge in [0.15, 0.2) is 0 Å². The highest BCUT2D eigenvalue weighted by molar-refractivity contribution is 5.78. The van der Waals surface area contributed by atoms with E-state index >= 15 is 0 Å². The molecule has 1 amide bonds. The van der Waals surface area contributed by atoms with E-state index in [0.717, 1.165) is 30.8 Å². The van der Waals surface area contributed by atoms with Crippen LogP contribution in [-0.4, -0.2) is 28.4 Å². The third-order valence-electron chi connectivity index (χ3n) is 4.66. The molecule has 0 aliphatic carbocycles. The van der Waals surface area contributed by atoms with Gasteiger partial charge in [0, 0.05) is 30.3 Å². The van der Waals surface area contributed by atoms with Crippen molar-refractivity contribution in [3.8, 4) is 0 Å². The number of nitrogens with zero attached hydrogens (tertiary/aromatic N) is 2. The Kier molecular flexibility index (Phi) is 5.76. The number of rotatable bonds is 7. The molecule has 0 unspecified atom stereocenters. The maximum absolute atomic E-state index is 13.6. The van der Waals surface area contributed by atoms with E-state index in [-0.39, 0.29) is 17.8 Å². The lowest BCUT2D eigenvalue weighted by Crippen LogP contribution is -2.35. The Labute approximate surface area is 148 Å². The van der Waals surface area contributed by atoms with Gasteiger partial charge in [-0.2, -0.15) is 0 Å². The summed E-state index contributed by atoms with van der Waals surface area (Å²) in [6.07, 6.45) is 2.35. The third kappa shape index (κ3) is 4.63. The second-order valence-electron chi connectivity index (χ2n) is 6.54. The number of nitrogens with one attached hydrogen (secondary N) is 1. The first-order valence-corrected chi connectivity index (χ1v) is 8.79. The minimum absolute atomic E-state index is 0.182. The van der Waals surface area contributed by atoms with Crippen LogP contribution in [0, 0.1) is 12.7 Å². The van der Waals surface area contributed by atoms with Crippen LogP contribution in [-0.2, 0) is 17.9 Å². The molecule has 0 spiro atoms. The first-order valence-electron chi connectivity index (χ1n) is 8.79. The summed E-state index contributed by atoms with van der Waals surface area (Å²) in [6.45, 7) is 3.79. The molecule has 2 aromatic rings. The van der Waals surface area contributed by atoms with Crippen LogP contribution in [0.5, 0.6) is 0 Å². The quantitative estimate of drug-likeness (QED) is 0.787. The molecule has 4 nitrogen and oxygen atoms in total. The van der Waals surface area contributed by atoms with Crippen molar-refractivity contribution in [3.63, 3.8) is 0 Å². The second-order valence-corrected chi connectivity index (χ2v) is 6.54. The molecule has 132 valence electrons. The summed E-state index contributed by atoms with van der Waals surface area (Å²) >= 11 is 0. The van der Waals surface area contributed by atoms with Crippen molar-refractivity contribution in [2.45, 2.75) is 45.3 Å². The number of carbonyl (C=O) groups is 1. The molecule has 1 aromatic heterocycles. The highest BCUT2D eigenvalue weighted by Crippen LogP contribution is 2.23. The van der Waals surface area contributed by atoms with Crippen LogP contribution in [0.15, 0.2) is 42.5 Å². The number of carbonyl (C=O) groups excluding carboxylic acids is 1. The van der Waals surface area contributed by atoms with Gasteiger partial charge in [-0.1, -0.05) is 24.3 Å². The number of amides is 1. The van der Waals surface area contributed by atoms with E-state index in [0.29, 0.717) is 25.1 Å². The summed E-state index contributed by atoms with van der Waals surface area (Å²) in [4.78, 5) is 18.6. The standard InChI is InChI=1S/C20H24FN3O/c1-15-5-4-7-17(23-15)14-24-18(9-10-20(24)25)11-12-22-13-16-6-2-3-8-19(16)21/h2-8,18,22H,9-14H2,1H3/t18-/m0/s1. The Balaban J connectivity index is 1.51. The minimum Gasteiger partial charge on any atom is -0.334 e. The number of halogens is 1. The minimum atomic E-state index is -0.182. The molecule has 5 heteroatoms. The van der Waals surface area contributed by atoms with Gasteiger partial charge in [0.1, 0.15) is 5.82 Å². The molecule has 0 radical (unpaired) electrons. The molecule has 1 fully saturated rings. The number of likely N-dealkylation sites (tertiary alicyclic amines) is 1. The molecule has 1 aliphatic rings. The normalized spacial score (nSPS) is 17.3. The smallest absolute Gasteiger partial charge is 0.223 e. The maximum atomic E-state index is 13.6.